The van der Waals surface area contributed by atoms with Gasteiger partial charge >= 0.3 is 0 Å². The SMILES string of the molecule is Cc1ccc(S(=O)(=O)N2CCCCC2)c(C)c1C. The standard InChI is InChI=1S/C14H21NO2S/c1-11-7-8-14(13(3)12(11)2)18(16,17)15-9-5-4-6-10-15/h7-8H,4-6,9-10H2,1-3H3. The van der Waals surface area contributed by atoms with Crippen molar-refractivity contribution < 1.29 is 8.42 Å². The molecule has 1 heterocycles. The molecular formula is C14H21NO2S. The summed E-state index contributed by atoms with van der Waals surface area (Å²) < 4.78 is 26.8. The van der Waals surface area contributed by atoms with Gasteiger partial charge in [0, 0.05) is 13.1 Å². The first-order chi connectivity index (χ1) is 8.44. The third-order valence-electron chi connectivity index (χ3n) is 3.94. The molecule has 0 unspecified atom stereocenters. The number of nitrogens with zero attached hydrogens (tertiary/aromatic N) is 1. The average molecular weight is 267 g/mol. The lowest BCUT2D eigenvalue weighted by Crippen LogP contribution is -2.36. The monoisotopic (exact) mass is 267 g/mol. The Labute approximate surface area is 110 Å². The van der Waals surface area contributed by atoms with Crippen molar-refractivity contribution in [2.24, 2.45) is 0 Å². The van der Waals surface area contributed by atoms with Crippen LogP contribution >= 0.6 is 0 Å². The molecule has 0 N–H and O–H groups in total. The fourth-order valence-electron chi connectivity index (χ4n) is 2.46. The van der Waals surface area contributed by atoms with Crippen molar-refractivity contribution in [3.8, 4) is 0 Å². The van der Waals surface area contributed by atoms with Crippen LogP contribution in [0.1, 0.15) is 36.0 Å². The molecule has 3 nitrogen and oxygen atoms in total. The molecule has 1 aliphatic rings. The number of hydrogen-bond donors (Lipinski definition) is 0. The summed E-state index contributed by atoms with van der Waals surface area (Å²) in [5.74, 6) is 0. The van der Waals surface area contributed by atoms with Crippen LogP contribution in [0.2, 0.25) is 0 Å². The average Bonchev–Trinajstić information content (AvgIpc) is 2.37. The van der Waals surface area contributed by atoms with Gasteiger partial charge in [-0.1, -0.05) is 12.5 Å². The second-order valence-electron chi connectivity index (χ2n) is 5.10. The van der Waals surface area contributed by atoms with Crippen LogP contribution in [0.4, 0.5) is 0 Å². The van der Waals surface area contributed by atoms with Gasteiger partial charge < -0.3 is 0 Å². The van der Waals surface area contributed by atoms with Crippen molar-refractivity contribution in [2.75, 3.05) is 13.1 Å². The van der Waals surface area contributed by atoms with Gasteiger partial charge in [0.2, 0.25) is 10.0 Å². The van der Waals surface area contributed by atoms with E-state index in [1.165, 1.54) is 0 Å². The number of rotatable bonds is 2. The van der Waals surface area contributed by atoms with E-state index in [0.29, 0.717) is 18.0 Å². The zero-order chi connectivity index (χ0) is 13.3. The minimum Gasteiger partial charge on any atom is -0.207 e. The zero-order valence-corrected chi connectivity index (χ0v) is 12.2. The summed E-state index contributed by atoms with van der Waals surface area (Å²) in [6, 6.07) is 3.65. The molecule has 18 heavy (non-hydrogen) atoms. The van der Waals surface area contributed by atoms with Crippen LogP contribution in [0.25, 0.3) is 0 Å². The number of hydrogen-bond acceptors (Lipinski definition) is 2. The molecule has 0 aliphatic carbocycles. The van der Waals surface area contributed by atoms with Crippen molar-refractivity contribution in [1.82, 2.24) is 4.31 Å². The van der Waals surface area contributed by atoms with Gasteiger partial charge in [-0.25, -0.2) is 8.42 Å². The van der Waals surface area contributed by atoms with Gasteiger partial charge in [0.1, 0.15) is 0 Å². The molecule has 4 heteroatoms. The molecule has 0 bridgehead atoms. The topological polar surface area (TPSA) is 37.4 Å². The molecule has 0 amide bonds. The quantitative estimate of drug-likeness (QED) is 0.826. The van der Waals surface area contributed by atoms with E-state index in [-0.39, 0.29) is 0 Å². The van der Waals surface area contributed by atoms with Crippen LogP contribution in [0.3, 0.4) is 0 Å². The maximum atomic E-state index is 12.6. The van der Waals surface area contributed by atoms with E-state index in [4.69, 9.17) is 0 Å². The normalized spacial score (nSPS) is 17.9. The fraction of sp³-hybridized carbons (Fsp3) is 0.571. The first-order valence-corrected chi connectivity index (χ1v) is 7.95. The Bertz CT molecular complexity index is 543. The number of benzene rings is 1. The van der Waals surface area contributed by atoms with E-state index in [1.807, 2.05) is 26.8 Å². The van der Waals surface area contributed by atoms with E-state index < -0.39 is 10.0 Å². The molecule has 0 atom stereocenters. The van der Waals surface area contributed by atoms with Gasteiger partial charge in [-0.2, -0.15) is 4.31 Å². The summed E-state index contributed by atoms with van der Waals surface area (Å²) in [6.45, 7) is 7.22. The third-order valence-corrected chi connectivity index (χ3v) is 5.98. The predicted octanol–water partition coefficient (Wildman–Crippen LogP) is 2.79. The summed E-state index contributed by atoms with van der Waals surface area (Å²) in [6.07, 6.45) is 3.09. The van der Waals surface area contributed by atoms with Crippen molar-refractivity contribution in [1.29, 1.82) is 0 Å². The minimum atomic E-state index is -3.30. The molecule has 1 saturated heterocycles. The molecular weight excluding hydrogens is 246 g/mol. The summed E-state index contributed by atoms with van der Waals surface area (Å²) >= 11 is 0. The molecule has 0 radical (unpaired) electrons. The maximum absolute atomic E-state index is 12.6. The maximum Gasteiger partial charge on any atom is 0.243 e. The summed E-state index contributed by atoms with van der Waals surface area (Å²) in [5, 5.41) is 0. The Morgan fingerprint density at radius 1 is 0.944 bits per heavy atom. The summed E-state index contributed by atoms with van der Waals surface area (Å²) in [5.41, 5.74) is 3.11. The lowest BCUT2D eigenvalue weighted by Gasteiger charge is -2.27. The van der Waals surface area contributed by atoms with Crippen molar-refractivity contribution >= 4 is 10.0 Å². The van der Waals surface area contributed by atoms with Crippen molar-refractivity contribution in [2.45, 2.75) is 44.9 Å². The largest absolute Gasteiger partial charge is 0.243 e. The Kier molecular flexibility index (Phi) is 3.78. The molecule has 0 aromatic heterocycles. The summed E-state index contributed by atoms with van der Waals surface area (Å²) in [7, 11) is -3.30. The van der Waals surface area contributed by atoms with Gasteiger partial charge in [0.15, 0.2) is 0 Å². The minimum absolute atomic E-state index is 0.479. The lowest BCUT2D eigenvalue weighted by atomic mass is 10.1. The number of aryl methyl sites for hydroxylation is 1. The van der Waals surface area contributed by atoms with E-state index in [1.54, 1.807) is 10.4 Å². The Morgan fingerprint density at radius 3 is 2.17 bits per heavy atom. The van der Waals surface area contributed by atoms with Crippen LogP contribution in [0.5, 0.6) is 0 Å². The van der Waals surface area contributed by atoms with Gasteiger partial charge in [0.25, 0.3) is 0 Å². The predicted molar refractivity (Wildman–Crippen MR) is 73.3 cm³/mol. The van der Waals surface area contributed by atoms with Gasteiger partial charge in [0.05, 0.1) is 4.90 Å². The highest BCUT2D eigenvalue weighted by Crippen LogP contribution is 2.26. The van der Waals surface area contributed by atoms with Crippen LogP contribution < -0.4 is 0 Å². The van der Waals surface area contributed by atoms with Crippen LogP contribution in [-0.2, 0) is 10.0 Å². The first kappa shape index (κ1) is 13.6. The number of sulfonamides is 1. The molecule has 2 rings (SSSR count). The summed E-state index contributed by atoms with van der Waals surface area (Å²) in [4.78, 5) is 0.479. The fourth-order valence-corrected chi connectivity index (χ4v) is 4.25. The van der Waals surface area contributed by atoms with E-state index in [0.717, 1.165) is 36.0 Å². The van der Waals surface area contributed by atoms with Crippen LogP contribution in [0.15, 0.2) is 17.0 Å². The second-order valence-corrected chi connectivity index (χ2v) is 7.00. The highest BCUT2D eigenvalue weighted by Gasteiger charge is 2.27. The molecule has 100 valence electrons. The highest BCUT2D eigenvalue weighted by molar-refractivity contribution is 7.89. The molecule has 1 aliphatic heterocycles. The second kappa shape index (κ2) is 5.02. The molecule has 0 saturated carbocycles. The van der Waals surface area contributed by atoms with Gasteiger partial charge in [-0.3, -0.25) is 0 Å². The van der Waals surface area contributed by atoms with Gasteiger partial charge in [-0.15, -0.1) is 0 Å². The van der Waals surface area contributed by atoms with Crippen LogP contribution in [0, 0.1) is 20.8 Å². The zero-order valence-electron chi connectivity index (χ0n) is 11.4. The van der Waals surface area contributed by atoms with E-state index in [2.05, 4.69) is 0 Å². The van der Waals surface area contributed by atoms with E-state index >= 15 is 0 Å². The van der Waals surface area contributed by atoms with Crippen molar-refractivity contribution in [3.63, 3.8) is 0 Å². The third kappa shape index (κ3) is 2.31. The van der Waals surface area contributed by atoms with Crippen molar-refractivity contribution in [3.05, 3.63) is 28.8 Å². The molecule has 0 spiro atoms. The molecule has 1 fully saturated rings. The Hall–Kier alpha value is -0.870. The van der Waals surface area contributed by atoms with Gasteiger partial charge in [-0.05, 0) is 56.4 Å². The molecule has 1 aromatic rings. The van der Waals surface area contributed by atoms with Crippen LogP contribution in [-0.4, -0.2) is 25.8 Å². The van der Waals surface area contributed by atoms with E-state index in [9.17, 15) is 8.42 Å². The lowest BCUT2D eigenvalue weighted by molar-refractivity contribution is 0.346. The first-order valence-electron chi connectivity index (χ1n) is 6.51. The number of piperidine rings is 1. The Morgan fingerprint density at radius 2 is 1.56 bits per heavy atom. The Balaban J connectivity index is 2.44. The highest BCUT2D eigenvalue weighted by atomic mass is 32.2. The smallest absolute Gasteiger partial charge is 0.207 e. The molecule has 1 aromatic carbocycles.